The van der Waals surface area contributed by atoms with Gasteiger partial charge >= 0.3 is 6.18 Å². The van der Waals surface area contributed by atoms with Crippen LogP contribution >= 0.6 is 0 Å². The lowest BCUT2D eigenvalue weighted by atomic mass is 10.1. The molecule has 5 heteroatoms. The second-order valence-electron chi connectivity index (χ2n) is 5.17. The summed E-state index contributed by atoms with van der Waals surface area (Å²) in [4.78, 5) is 4.56. The van der Waals surface area contributed by atoms with Gasteiger partial charge in [-0.3, -0.25) is 0 Å². The minimum absolute atomic E-state index is 0.581. The predicted molar refractivity (Wildman–Crippen MR) is 69.4 cm³/mol. The number of alkyl halides is 3. The van der Waals surface area contributed by atoms with Crippen molar-refractivity contribution < 1.29 is 13.2 Å². The highest BCUT2D eigenvalue weighted by Crippen LogP contribution is 2.29. The number of halogens is 3. The first-order valence-corrected chi connectivity index (χ1v) is 6.73. The van der Waals surface area contributed by atoms with Crippen LogP contribution in [0.15, 0.2) is 30.5 Å². The lowest BCUT2D eigenvalue weighted by Gasteiger charge is -2.11. The number of nitrogens with zero attached hydrogens (tertiary/aromatic N) is 2. The fourth-order valence-corrected chi connectivity index (χ4v) is 2.58. The third-order valence-corrected chi connectivity index (χ3v) is 3.62. The summed E-state index contributed by atoms with van der Waals surface area (Å²) in [6, 6.07) is 5.32. The first-order chi connectivity index (χ1) is 9.52. The number of benzene rings is 1. The Morgan fingerprint density at radius 2 is 1.85 bits per heavy atom. The molecule has 1 aliphatic heterocycles. The molecule has 1 aromatic carbocycles. The SMILES string of the molecule is FC(F)(F)c1ccc(Cc2cn3c(n2)CCCC3)cc1. The van der Waals surface area contributed by atoms with Crippen molar-refractivity contribution in [2.75, 3.05) is 0 Å². The molecule has 0 spiro atoms. The summed E-state index contributed by atoms with van der Waals surface area (Å²) in [6.45, 7) is 0.995. The molecule has 3 rings (SSSR count). The Hall–Kier alpha value is -1.78. The van der Waals surface area contributed by atoms with Crippen molar-refractivity contribution in [2.24, 2.45) is 0 Å². The Kier molecular flexibility index (Phi) is 3.28. The monoisotopic (exact) mass is 280 g/mol. The summed E-state index contributed by atoms with van der Waals surface area (Å²) in [6.07, 6.45) is 1.66. The number of rotatable bonds is 2. The number of imidazole rings is 1. The van der Waals surface area contributed by atoms with E-state index in [1.807, 2.05) is 6.20 Å². The van der Waals surface area contributed by atoms with Gasteiger partial charge in [-0.25, -0.2) is 4.98 Å². The van der Waals surface area contributed by atoms with E-state index in [0.717, 1.165) is 48.6 Å². The van der Waals surface area contributed by atoms with Gasteiger partial charge in [-0.05, 0) is 30.5 Å². The topological polar surface area (TPSA) is 17.8 Å². The van der Waals surface area contributed by atoms with E-state index in [1.165, 1.54) is 18.6 Å². The Morgan fingerprint density at radius 3 is 2.50 bits per heavy atom. The van der Waals surface area contributed by atoms with Crippen molar-refractivity contribution in [2.45, 2.75) is 38.4 Å². The first-order valence-electron chi connectivity index (χ1n) is 6.73. The molecule has 2 heterocycles. The van der Waals surface area contributed by atoms with E-state index < -0.39 is 11.7 Å². The molecule has 1 aromatic heterocycles. The van der Waals surface area contributed by atoms with Gasteiger partial charge in [0.25, 0.3) is 0 Å². The second-order valence-corrected chi connectivity index (χ2v) is 5.17. The van der Waals surface area contributed by atoms with Crippen LogP contribution < -0.4 is 0 Å². The molecule has 0 aliphatic carbocycles. The van der Waals surface area contributed by atoms with Gasteiger partial charge in [0, 0.05) is 25.6 Å². The first kappa shape index (κ1) is 13.2. The van der Waals surface area contributed by atoms with E-state index in [0.29, 0.717) is 6.42 Å². The lowest BCUT2D eigenvalue weighted by Crippen LogP contribution is -2.08. The largest absolute Gasteiger partial charge is 0.416 e. The molecule has 20 heavy (non-hydrogen) atoms. The molecule has 0 saturated heterocycles. The zero-order valence-electron chi connectivity index (χ0n) is 11.0. The van der Waals surface area contributed by atoms with Crippen LogP contribution in [-0.2, 0) is 25.6 Å². The lowest BCUT2D eigenvalue weighted by molar-refractivity contribution is -0.137. The van der Waals surface area contributed by atoms with Crippen LogP contribution in [-0.4, -0.2) is 9.55 Å². The smallest absolute Gasteiger partial charge is 0.335 e. The predicted octanol–water partition coefficient (Wildman–Crippen LogP) is 3.83. The molecule has 2 nitrogen and oxygen atoms in total. The van der Waals surface area contributed by atoms with Crippen LogP contribution in [0, 0.1) is 0 Å². The standard InChI is InChI=1S/C15H15F3N2/c16-15(17,18)12-6-4-11(5-7-12)9-13-10-20-8-2-1-3-14(20)19-13/h4-7,10H,1-3,8-9H2. The quantitative estimate of drug-likeness (QED) is 0.817. The van der Waals surface area contributed by atoms with E-state index in [-0.39, 0.29) is 0 Å². The Morgan fingerprint density at radius 1 is 1.10 bits per heavy atom. The van der Waals surface area contributed by atoms with Crippen LogP contribution in [0.3, 0.4) is 0 Å². The molecule has 106 valence electrons. The molecule has 0 amide bonds. The molecule has 0 fully saturated rings. The summed E-state index contributed by atoms with van der Waals surface area (Å²) in [5, 5.41) is 0. The average molecular weight is 280 g/mol. The number of fused-ring (bicyclic) bond motifs is 1. The molecule has 1 aliphatic rings. The zero-order valence-corrected chi connectivity index (χ0v) is 11.0. The van der Waals surface area contributed by atoms with Crippen LogP contribution in [0.5, 0.6) is 0 Å². The second kappa shape index (κ2) is 4.96. The van der Waals surface area contributed by atoms with Gasteiger partial charge in [-0.2, -0.15) is 13.2 Å². The number of aryl methyl sites for hydroxylation is 2. The normalized spacial score (nSPS) is 15.2. The van der Waals surface area contributed by atoms with Gasteiger partial charge in [-0.15, -0.1) is 0 Å². The van der Waals surface area contributed by atoms with Crippen molar-refractivity contribution >= 4 is 0 Å². The number of hydrogen-bond donors (Lipinski definition) is 0. The average Bonchev–Trinajstić information content (AvgIpc) is 2.80. The molecule has 0 radical (unpaired) electrons. The summed E-state index contributed by atoms with van der Waals surface area (Å²) in [7, 11) is 0. The molecule has 0 bridgehead atoms. The van der Waals surface area contributed by atoms with Crippen LogP contribution in [0.2, 0.25) is 0 Å². The van der Waals surface area contributed by atoms with Crippen LogP contribution in [0.25, 0.3) is 0 Å². The highest BCUT2D eigenvalue weighted by Gasteiger charge is 2.29. The van der Waals surface area contributed by atoms with Crippen LogP contribution in [0.4, 0.5) is 13.2 Å². The summed E-state index contributed by atoms with van der Waals surface area (Å²) >= 11 is 0. The summed E-state index contributed by atoms with van der Waals surface area (Å²) in [5.74, 6) is 1.10. The summed E-state index contributed by atoms with van der Waals surface area (Å²) < 4.78 is 39.6. The van der Waals surface area contributed by atoms with Gasteiger partial charge in [0.2, 0.25) is 0 Å². The molecular formula is C15H15F3N2. The highest BCUT2D eigenvalue weighted by molar-refractivity contribution is 5.27. The zero-order chi connectivity index (χ0) is 14.2. The molecule has 0 unspecified atom stereocenters. The van der Waals surface area contributed by atoms with Crippen molar-refractivity contribution in [3.63, 3.8) is 0 Å². The molecule has 2 aromatic rings. The fourth-order valence-electron chi connectivity index (χ4n) is 2.58. The van der Waals surface area contributed by atoms with E-state index in [2.05, 4.69) is 9.55 Å². The van der Waals surface area contributed by atoms with Crippen molar-refractivity contribution in [1.82, 2.24) is 9.55 Å². The van der Waals surface area contributed by atoms with Gasteiger partial charge in [0.05, 0.1) is 11.3 Å². The maximum Gasteiger partial charge on any atom is 0.416 e. The third-order valence-electron chi connectivity index (χ3n) is 3.62. The fraction of sp³-hybridized carbons (Fsp3) is 0.400. The van der Waals surface area contributed by atoms with E-state index in [9.17, 15) is 13.2 Å². The van der Waals surface area contributed by atoms with Gasteiger partial charge in [0.1, 0.15) is 5.82 Å². The van der Waals surface area contributed by atoms with Crippen molar-refractivity contribution in [3.05, 3.63) is 53.1 Å². The Labute approximate surface area is 115 Å². The van der Waals surface area contributed by atoms with Gasteiger partial charge < -0.3 is 4.57 Å². The van der Waals surface area contributed by atoms with Gasteiger partial charge in [0.15, 0.2) is 0 Å². The molecule has 0 saturated carbocycles. The maximum absolute atomic E-state index is 12.5. The summed E-state index contributed by atoms with van der Waals surface area (Å²) in [5.41, 5.74) is 1.18. The van der Waals surface area contributed by atoms with Crippen molar-refractivity contribution in [3.8, 4) is 0 Å². The molecular weight excluding hydrogens is 265 g/mol. The third kappa shape index (κ3) is 2.71. The number of aromatic nitrogens is 2. The van der Waals surface area contributed by atoms with Crippen molar-refractivity contribution in [1.29, 1.82) is 0 Å². The maximum atomic E-state index is 12.5. The van der Waals surface area contributed by atoms with E-state index in [4.69, 9.17) is 0 Å². The Bertz CT molecular complexity index is 573. The minimum atomic E-state index is -4.27. The van der Waals surface area contributed by atoms with Crippen LogP contribution in [0.1, 0.15) is 35.5 Å². The minimum Gasteiger partial charge on any atom is -0.335 e. The molecule has 0 N–H and O–H groups in total. The highest BCUT2D eigenvalue weighted by atomic mass is 19.4. The Balaban J connectivity index is 1.76. The van der Waals surface area contributed by atoms with E-state index in [1.54, 1.807) is 0 Å². The number of hydrogen-bond acceptors (Lipinski definition) is 1. The van der Waals surface area contributed by atoms with E-state index >= 15 is 0 Å². The molecule has 0 atom stereocenters. The van der Waals surface area contributed by atoms with Gasteiger partial charge in [-0.1, -0.05) is 12.1 Å².